The van der Waals surface area contributed by atoms with Gasteiger partial charge in [-0.05, 0) is 44.5 Å². The topological polar surface area (TPSA) is 95.2 Å². The molecule has 0 aliphatic carbocycles. The molecule has 0 heterocycles. The second kappa shape index (κ2) is 14.2. The number of nitriles is 4. The van der Waals surface area contributed by atoms with Crippen LogP contribution < -0.4 is 10.4 Å². The van der Waals surface area contributed by atoms with Crippen molar-refractivity contribution in [3.05, 3.63) is 156 Å². The highest BCUT2D eigenvalue weighted by atomic mass is 14.3. The molecule has 0 amide bonds. The Morgan fingerprint density at radius 2 is 0.542 bits per heavy atom. The van der Waals surface area contributed by atoms with Crippen LogP contribution in [0.25, 0.3) is 80.0 Å². The molecule has 0 fully saturated rings. The van der Waals surface area contributed by atoms with Crippen LogP contribution in [0.5, 0.6) is 0 Å². The van der Waals surface area contributed by atoms with Crippen molar-refractivity contribution in [2.45, 2.75) is 0 Å². The molecule has 0 aromatic heterocycles. The molecular weight excluding hydrogens is 585 g/mol. The molecule has 224 valence electrons. The Kier molecular flexibility index (Phi) is 9.54. The largest absolute Gasteiger partial charge is 0.192 e. The zero-order chi connectivity index (χ0) is 34.2. The summed E-state index contributed by atoms with van der Waals surface area (Å²) >= 11 is 0. The van der Waals surface area contributed by atoms with E-state index < -0.39 is 0 Å². The van der Waals surface area contributed by atoms with Crippen molar-refractivity contribution in [1.82, 2.24) is 0 Å². The van der Waals surface area contributed by atoms with Gasteiger partial charge in [0.05, 0.1) is 0 Å². The van der Waals surface area contributed by atoms with E-state index in [9.17, 15) is 21.0 Å². The fraction of sp³-hybridized carbons (Fsp3) is 0. The number of rotatable bonds is 8. The van der Waals surface area contributed by atoms with Crippen LogP contribution in [-0.4, -0.2) is 0 Å². The van der Waals surface area contributed by atoms with Crippen molar-refractivity contribution in [2.75, 3.05) is 0 Å². The lowest BCUT2D eigenvalue weighted by molar-refractivity contribution is 1.43. The van der Waals surface area contributed by atoms with Crippen molar-refractivity contribution in [3.8, 4) is 68.8 Å². The quantitative estimate of drug-likeness (QED) is 0.174. The molecule has 0 spiro atoms. The zero-order valence-corrected chi connectivity index (χ0v) is 26.2. The van der Waals surface area contributed by atoms with Gasteiger partial charge in [-0.15, -0.1) is 0 Å². The molecule has 5 rings (SSSR count). The summed E-state index contributed by atoms with van der Waals surface area (Å²) in [5.41, 5.74) is 8.22. The average Bonchev–Trinajstić information content (AvgIpc) is 3.15. The highest BCUT2D eigenvalue weighted by Gasteiger charge is 2.25. The van der Waals surface area contributed by atoms with Gasteiger partial charge >= 0.3 is 0 Å². The van der Waals surface area contributed by atoms with E-state index in [-0.39, 0.29) is 11.1 Å². The molecule has 0 atom stereocenters. The molecule has 0 unspecified atom stereocenters. The summed E-state index contributed by atoms with van der Waals surface area (Å²) in [6.07, 6.45) is 6.92. The van der Waals surface area contributed by atoms with E-state index in [1.165, 1.54) is 0 Å². The molecule has 0 saturated carbocycles. The fourth-order valence-electron chi connectivity index (χ4n) is 5.82. The maximum absolute atomic E-state index is 10.5. The second-order valence-electron chi connectivity index (χ2n) is 10.8. The van der Waals surface area contributed by atoms with Crippen LogP contribution in [0.4, 0.5) is 0 Å². The summed E-state index contributed by atoms with van der Waals surface area (Å²) in [4.78, 5) is 0. The summed E-state index contributed by atoms with van der Waals surface area (Å²) in [6, 6.07) is 39.0. The predicted octanol–water partition coefficient (Wildman–Crippen LogP) is 9.32. The summed E-state index contributed by atoms with van der Waals surface area (Å²) in [5, 5.41) is 43.0. The van der Waals surface area contributed by atoms with Gasteiger partial charge in [-0.3, -0.25) is 0 Å². The minimum Gasteiger partial charge on any atom is -0.192 e. The van der Waals surface area contributed by atoms with Gasteiger partial charge in [-0.25, -0.2) is 0 Å². The van der Waals surface area contributed by atoms with E-state index in [1.807, 2.05) is 97.1 Å². The van der Waals surface area contributed by atoms with E-state index in [0.29, 0.717) is 54.9 Å². The molecule has 0 bridgehead atoms. The zero-order valence-electron chi connectivity index (χ0n) is 26.2. The molecule has 5 aromatic rings. The first kappa shape index (κ1) is 32.2. The SMILES string of the molecule is C=Cc1ccc(-c2c(-c3ccc(C=C)cc3)c(=C(C#N)C#N)c(-c3ccc(C=C)cc3)c(-c3ccc(C=C)cc3)c2=C(C#N)C#N)cc1. The summed E-state index contributed by atoms with van der Waals surface area (Å²) in [7, 11) is 0. The van der Waals surface area contributed by atoms with E-state index in [0.717, 1.165) is 22.3 Å². The summed E-state index contributed by atoms with van der Waals surface area (Å²) in [6.45, 7) is 15.5. The number of benzene rings is 5. The van der Waals surface area contributed by atoms with Crippen LogP contribution in [-0.2, 0) is 0 Å². The molecule has 5 aromatic carbocycles. The molecule has 0 radical (unpaired) electrons. The van der Waals surface area contributed by atoms with Crippen LogP contribution in [0.2, 0.25) is 0 Å². The summed E-state index contributed by atoms with van der Waals surface area (Å²) in [5.74, 6) is 0. The van der Waals surface area contributed by atoms with E-state index >= 15 is 0 Å². The van der Waals surface area contributed by atoms with E-state index in [4.69, 9.17) is 0 Å². The normalized spacial score (nSPS) is 9.92. The van der Waals surface area contributed by atoms with Gasteiger partial charge < -0.3 is 0 Å². The lowest BCUT2D eigenvalue weighted by Crippen LogP contribution is -2.26. The van der Waals surface area contributed by atoms with Gasteiger partial charge in [0.25, 0.3) is 0 Å². The minimum absolute atomic E-state index is 0.115. The molecule has 4 heteroatoms. The van der Waals surface area contributed by atoms with Gasteiger partial charge in [-0.2, -0.15) is 21.0 Å². The van der Waals surface area contributed by atoms with Crippen molar-refractivity contribution in [1.29, 1.82) is 21.0 Å². The predicted molar refractivity (Wildman–Crippen MR) is 197 cm³/mol. The molecule has 0 saturated heterocycles. The number of nitrogens with zero attached hydrogens (tertiary/aromatic N) is 4. The average molecular weight is 613 g/mol. The van der Waals surface area contributed by atoms with Crippen LogP contribution in [0.3, 0.4) is 0 Å². The molecular formula is C44H28N4. The third-order valence-corrected chi connectivity index (χ3v) is 8.19. The molecule has 48 heavy (non-hydrogen) atoms. The van der Waals surface area contributed by atoms with Crippen molar-refractivity contribution in [2.24, 2.45) is 0 Å². The molecule has 0 aliphatic heterocycles. The third kappa shape index (κ3) is 5.90. The van der Waals surface area contributed by atoms with Crippen molar-refractivity contribution in [3.63, 3.8) is 0 Å². The monoisotopic (exact) mass is 612 g/mol. The molecule has 0 N–H and O–H groups in total. The number of hydrogen-bond acceptors (Lipinski definition) is 4. The molecule has 0 aliphatic rings. The number of hydrogen-bond donors (Lipinski definition) is 0. The highest BCUT2D eigenvalue weighted by molar-refractivity contribution is 6.02. The highest BCUT2D eigenvalue weighted by Crippen LogP contribution is 2.37. The lowest BCUT2D eigenvalue weighted by Gasteiger charge is -2.22. The maximum Gasteiger partial charge on any atom is 0.138 e. The Morgan fingerprint density at radius 3 is 0.688 bits per heavy atom. The third-order valence-electron chi connectivity index (χ3n) is 8.19. The standard InChI is InChI=1S/C44H28N4/c1-5-29-9-17-33(18-10-29)39-40(34-19-11-30(6-2)12-20-34)44(38(27-47)28-48)42(36-23-15-32(8-4)16-24-36)41(43(39)37(25-45)26-46)35-21-13-31(7-3)14-22-35/h5-24H,1-4H2. The van der Waals surface area contributed by atoms with Crippen LogP contribution in [0, 0.1) is 45.3 Å². The Balaban J connectivity index is 2.26. The smallest absolute Gasteiger partial charge is 0.138 e. The first-order valence-electron chi connectivity index (χ1n) is 15.0. The first-order valence-corrected chi connectivity index (χ1v) is 15.0. The van der Waals surface area contributed by atoms with Crippen molar-refractivity contribution < 1.29 is 0 Å². The Morgan fingerprint density at radius 1 is 0.354 bits per heavy atom. The first-order chi connectivity index (χ1) is 23.5. The fourth-order valence-corrected chi connectivity index (χ4v) is 5.82. The minimum atomic E-state index is -0.115. The van der Waals surface area contributed by atoms with E-state index in [1.54, 1.807) is 24.3 Å². The maximum atomic E-state index is 10.5. The second-order valence-corrected chi connectivity index (χ2v) is 10.8. The van der Waals surface area contributed by atoms with Crippen LogP contribution >= 0.6 is 0 Å². The Hall–Kier alpha value is -7.24. The van der Waals surface area contributed by atoms with Gasteiger partial charge in [0.2, 0.25) is 0 Å². The lowest BCUT2D eigenvalue weighted by atomic mass is 9.79. The Labute approximate surface area is 280 Å². The van der Waals surface area contributed by atoms with Crippen molar-refractivity contribution >= 4 is 35.5 Å². The van der Waals surface area contributed by atoms with Gasteiger partial charge in [0.1, 0.15) is 35.4 Å². The summed E-state index contributed by atoms with van der Waals surface area (Å²) < 4.78 is 0. The van der Waals surface area contributed by atoms with Crippen LogP contribution in [0.1, 0.15) is 22.3 Å². The van der Waals surface area contributed by atoms with E-state index in [2.05, 4.69) is 50.6 Å². The molecule has 4 nitrogen and oxygen atoms in total. The Bertz CT molecular complexity index is 2060. The van der Waals surface area contributed by atoms with Gasteiger partial charge in [0, 0.05) is 32.7 Å². The van der Waals surface area contributed by atoms with Crippen LogP contribution in [0.15, 0.2) is 123 Å². The van der Waals surface area contributed by atoms with Gasteiger partial charge in [0.15, 0.2) is 0 Å². The van der Waals surface area contributed by atoms with Gasteiger partial charge in [-0.1, -0.05) is 148 Å².